The second kappa shape index (κ2) is 9.35. The molecule has 1 saturated heterocycles. The summed E-state index contributed by atoms with van der Waals surface area (Å²) in [5.41, 5.74) is 5.37. The number of amides is 1. The molecule has 3 heterocycles. The maximum Gasteiger partial charge on any atom is 0.242 e. The van der Waals surface area contributed by atoms with Crippen molar-refractivity contribution in [1.29, 1.82) is 0 Å². The van der Waals surface area contributed by atoms with Gasteiger partial charge in [-0.25, -0.2) is 9.97 Å². The van der Waals surface area contributed by atoms with Crippen LogP contribution in [0.5, 0.6) is 0 Å². The zero-order valence-corrected chi connectivity index (χ0v) is 19.6. The molecule has 35 heavy (non-hydrogen) atoms. The first-order chi connectivity index (χ1) is 17.2. The highest BCUT2D eigenvalue weighted by atomic mass is 16.2. The topological polar surface area (TPSA) is 59.2 Å². The zero-order chi connectivity index (χ0) is 23.6. The number of nitrogens with zero attached hydrogens (tertiary/aromatic N) is 6. The van der Waals surface area contributed by atoms with Crippen molar-refractivity contribution in [3.63, 3.8) is 0 Å². The molecule has 7 heteroatoms. The number of benzene rings is 3. The Balaban J connectivity index is 1.13. The van der Waals surface area contributed by atoms with Crippen LogP contribution in [0.15, 0.2) is 85.2 Å². The summed E-state index contributed by atoms with van der Waals surface area (Å²) < 4.78 is 4.27. The van der Waals surface area contributed by atoms with E-state index in [4.69, 9.17) is 4.98 Å². The molecule has 176 valence electrons. The average molecular weight is 465 g/mol. The number of rotatable bonds is 6. The number of piperazine rings is 1. The Bertz CT molecular complexity index is 1460. The first kappa shape index (κ1) is 21.6. The van der Waals surface area contributed by atoms with Crippen molar-refractivity contribution in [3.8, 4) is 0 Å². The molecule has 0 atom stereocenters. The van der Waals surface area contributed by atoms with E-state index in [2.05, 4.69) is 56.9 Å². The third-order valence-electron chi connectivity index (χ3n) is 6.84. The number of hydrogen-bond acceptors (Lipinski definition) is 4. The highest BCUT2D eigenvalue weighted by molar-refractivity contribution is 5.80. The van der Waals surface area contributed by atoms with E-state index in [0.29, 0.717) is 6.54 Å². The van der Waals surface area contributed by atoms with Crippen LogP contribution in [0.1, 0.15) is 11.4 Å². The number of carbonyl (C=O) groups excluding carboxylic acids is 1. The molecule has 0 spiro atoms. The van der Waals surface area contributed by atoms with E-state index < -0.39 is 0 Å². The molecule has 0 saturated carbocycles. The molecule has 0 unspecified atom stereocenters. The van der Waals surface area contributed by atoms with Crippen molar-refractivity contribution in [3.05, 3.63) is 96.6 Å². The van der Waals surface area contributed by atoms with Crippen LogP contribution < -0.4 is 0 Å². The van der Waals surface area contributed by atoms with E-state index in [9.17, 15) is 4.79 Å². The highest BCUT2D eigenvalue weighted by Gasteiger charge is 2.23. The largest absolute Gasteiger partial charge is 0.339 e. The molecule has 3 aromatic carbocycles. The normalized spacial score (nSPS) is 14.7. The molecule has 6 rings (SSSR count). The number of imidazole rings is 2. The molecule has 1 aliphatic heterocycles. The predicted octanol–water partition coefficient (Wildman–Crippen LogP) is 3.78. The number of hydrogen-bond donors (Lipinski definition) is 0. The summed E-state index contributed by atoms with van der Waals surface area (Å²) in [6, 6.07) is 26.8. The fourth-order valence-electron chi connectivity index (χ4n) is 4.93. The van der Waals surface area contributed by atoms with Gasteiger partial charge in [0.2, 0.25) is 5.91 Å². The zero-order valence-electron chi connectivity index (χ0n) is 19.6. The van der Waals surface area contributed by atoms with Gasteiger partial charge in [0.1, 0.15) is 12.4 Å². The Hall–Kier alpha value is -3.97. The van der Waals surface area contributed by atoms with Gasteiger partial charge in [0.25, 0.3) is 0 Å². The SMILES string of the molecule is O=C(Cn1cnc2ccccc21)N1CCN(Cc2nc3ccccc3n2Cc2ccccc2)CC1. The second-order valence-electron chi connectivity index (χ2n) is 9.11. The Morgan fingerprint density at radius 2 is 1.43 bits per heavy atom. The van der Waals surface area contributed by atoms with Crippen LogP contribution in [0.25, 0.3) is 22.1 Å². The van der Waals surface area contributed by atoms with Crippen LogP contribution in [0.4, 0.5) is 0 Å². The molecule has 1 aliphatic rings. The summed E-state index contributed by atoms with van der Waals surface area (Å²) in [7, 11) is 0. The number of para-hydroxylation sites is 4. The van der Waals surface area contributed by atoms with Crippen molar-refractivity contribution in [2.75, 3.05) is 26.2 Å². The molecule has 0 bridgehead atoms. The minimum absolute atomic E-state index is 0.143. The van der Waals surface area contributed by atoms with Gasteiger partial charge in [0.15, 0.2) is 0 Å². The maximum atomic E-state index is 13.0. The summed E-state index contributed by atoms with van der Waals surface area (Å²) in [5, 5.41) is 0. The van der Waals surface area contributed by atoms with Crippen molar-refractivity contribution >= 4 is 28.0 Å². The molecule has 5 aromatic rings. The quantitative estimate of drug-likeness (QED) is 0.384. The smallest absolute Gasteiger partial charge is 0.242 e. The molecule has 1 amide bonds. The van der Waals surface area contributed by atoms with Crippen LogP contribution in [0, 0.1) is 0 Å². The highest BCUT2D eigenvalue weighted by Crippen LogP contribution is 2.20. The van der Waals surface area contributed by atoms with Gasteiger partial charge in [-0.05, 0) is 29.8 Å². The fraction of sp³-hybridized carbons (Fsp3) is 0.250. The molecule has 1 fully saturated rings. The minimum Gasteiger partial charge on any atom is -0.339 e. The first-order valence-corrected chi connectivity index (χ1v) is 12.1. The number of aromatic nitrogens is 4. The lowest BCUT2D eigenvalue weighted by Gasteiger charge is -2.34. The molecule has 0 aliphatic carbocycles. The summed E-state index contributed by atoms with van der Waals surface area (Å²) in [6.45, 7) is 5.03. The molecular formula is C28H28N6O. The van der Waals surface area contributed by atoms with Gasteiger partial charge in [0.05, 0.1) is 34.9 Å². The van der Waals surface area contributed by atoms with E-state index in [0.717, 1.165) is 67.2 Å². The van der Waals surface area contributed by atoms with E-state index in [1.807, 2.05) is 45.9 Å². The van der Waals surface area contributed by atoms with Gasteiger partial charge in [0, 0.05) is 32.7 Å². The van der Waals surface area contributed by atoms with Crippen molar-refractivity contribution in [1.82, 2.24) is 28.9 Å². The van der Waals surface area contributed by atoms with E-state index >= 15 is 0 Å². The first-order valence-electron chi connectivity index (χ1n) is 12.1. The molecule has 7 nitrogen and oxygen atoms in total. The average Bonchev–Trinajstić information content (AvgIpc) is 3.46. The monoisotopic (exact) mass is 464 g/mol. The third-order valence-corrected chi connectivity index (χ3v) is 6.84. The summed E-state index contributed by atoms with van der Waals surface area (Å²) in [6.07, 6.45) is 1.76. The van der Waals surface area contributed by atoms with Crippen LogP contribution in [0.2, 0.25) is 0 Å². The maximum absolute atomic E-state index is 13.0. The standard InChI is InChI=1S/C28H28N6O/c35-28(20-33-21-29-23-10-4-6-12-25(23)33)32-16-14-31(15-17-32)19-27-30-24-11-5-7-13-26(24)34(27)18-22-8-2-1-3-9-22/h1-13,21H,14-20H2. The number of fused-ring (bicyclic) bond motifs is 2. The van der Waals surface area contributed by atoms with Gasteiger partial charge in [-0.2, -0.15) is 0 Å². The van der Waals surface area contributed by atoms with Crippen LogP contribution in [-0.2, 0) is 24.4 Å². The van der Waals surface area contributed by atoms with E-state index in [1.165, 1.54) is 5.56 Å². The van der Waals surface area contributed by atoms with Crippen molar-refractivity contribution in [2.24, 2.45) is 0 Å². The fourth-order valence-corrected chi connectivity index (χ4v) is 4.93. The Morgan fingerprint density at radius 1 is 0.743 bits per heavy atom. The van der Waals surface area contributed by atoms with Gasteiger partial charge >= 0.3 is 0 Å². The molecule has 0 radical (unpaired) electrons. The Morgan fingerprint density at radius 3 is 2.23 bits per heavy atom. The van der Waals surface area contributed by atoms with Crippen LogP contribution >= 0.6 is 0 Å². The van der Waals surface area contributed by atoms with E-state index in [-0.39, 0.29) is 5.91 Å². The lowest BCUT2D eigenvalue weighted by Crippen LogP contribution is -2.49. The summed E-state index contributed by atoms with van der Waals surface area (Å²) >= 11 is 0. The minimum atomic E-state index is 0.143. The lowest BCUT2D eigenvalue weighted by atomic mass is 10.2. The number of carbonyl (C=O) groups is 1. The third kappa shape index (κ3) is 4.42. The van der Waals surface area contributed by atoms with Gasteiger partial charge in [-0.3, -0.25) is 9.69 Å². The Labute approximate surface area is 204 Å². The summed E-state index contributed by atoms with van der Waals surface area (Å²) in [4.78, 5) is 26.7. The van der Waals surface area contributed by atoms with Gasteiger partial charge in [-0.1, -0.05) is 54.6 Å². The van der Waals surface area contributed by atoms with Gasteiger partial charge in [-0.15, -0.1) is 0 Å². The summed E-state index contributed by atoms with van der Waals surface area (Å²) in [5.74, 6) is 1.21. The van der Waals surface area contributed by atoms with Crippen LogP contribution in [-0.4, -0.2) is 61.0 Å². The van der Waals surface area contributed by atoms with Crippen molar-refractivity contribution in [2.45, 2.75) is 19.6 Å². The van der Waals surface area contributed by atoms with E-state index in [1.54, 1.807) is 6.33 Å². The van der Waals surface area contributed by atoms with Gasteiger partial charge < -0.3 is 14.0 Å². The molecular weight excluding hydrogens is 436 g/mol. The molecule has 2 aromatic heterocycles. The predicted molar refractivity (Wildman–Crippen MR) is 137 cm³/mol. The lowest BCUT2D eigenvalue weighted by molar-refractivity contribution is -0.133. The van der Waals surface area contributed by atoms with Crippen molar-refractivity contribution < 1.29 is 4.79 Å². The Kier molecular flexibility index (Phi) is 5.76. The second-order valence-corrected chi connectivity index (χ2v) is 9.11. The molecule has 0 N–H and O–H groups in total. The van der Waals surface area contributed by atoms with Crippen LogP contribution in [0.3, 0.4) is 0 Å².